The third-order valence-electron chi connectivity index (χ3n) is 7.56. The van der Waals surface area contributed by atoms with Crippen LogP contribution in [0.5, 0.6) is 0 Å². The highest BCUT2D eigenvalue weighted by atomic mass is 35.5. The molecule has 2 aromatic heterocycles. The van der Waals surface area contributed by atoms with Gasteiger partial charge in [0.05, 0.1) is 29.1 Å². The van der Waals surface area contributed by atoms with Gasteiger partial charge in [-0.15, -0.1) is 0 Å². The Morgan fingerprint density at radius 3 is 2.67 bits per heavy atom. The summed E-state index contributed by atoms with van der Waals surface area (Å²) in [4.78, 5) is 11.7. The van der Waals surface area contributed by atoms with E-state index in [1.807, 2.05) is 30.6 Å². The monoisotopic (exact) mass is 504 g/mol. The predicted octanol–water partition coefficient (Wildman–Crippen LogP) is 6.43. The highest BCUT2D eigenvalue weighted by molar-refractivity contribution is 6.32. The summed E-state index contributed by atoms with van der Waals surface area (Å²) in [6.07, 6.45) is 8.86. The molecule has 1 aliphatic carbocycles. The van der Waals surface area contributed by atoms with Crippen molar-refractivity contribution in [2.24, 2.45) is 0 Å². The number of aromatic nitrogens is 4. The molecule has 6 rings (SSSR count). The van der Waals surface area contributed by atoms with E-state index in [1.54, 1.807) is 6.07 Å². The summed E-state index contributed by atoms with van der Waals surface area (Å²) in [6.45, 7) is 4.91. The largest absolute Gasteiger partial charge is 0.321 e. The normalized spacial score (nSPS) is 17.1. The van der Waals surface area contributed by atoms with Crippen LogP contribution >= 0.6 is 11.6 Å². The van der Waals surface area contributed by atoms with Crippen LogP contribution in [-0.2, 0) is 6.42 Å². The third kappa shape index (κ3) is 4.82. The van der Waals surface area contributed by atoms with Crippen molar-refractivity contribution < 1.29 is 4.39 Å². The fourth-order valence-electron chi connectivity index (χ4n) is 5.24. The van der Waals surface area contributed by atoms with Crippen LogP contribution in [0.2, 0.25) is 5.02 Å². The Kier molecular flexibility index (Phi) is 6.36. The van der Waals surface area contributed by atoms with Crippen molar-refractivity contribution in [1.29, 1.82) is 0 Å². The highest BCUT2D eigenvalue weighted by Gasteiger charge is 2.27. The van der Waals surface area contributed by atoms with Gasteiger partial charge in [0, 0.05) is 23.2 Å². The zero-order chi connectivity index (χ0) is 24.6. The number of nitrogens with zero attached hydrogens (tertiary/aromatic N) is 5. The van der Waals surface area contributed by atoms with Gasteiger partial charge in [0.15, 0.2) is 0 Å². The van der Waals surface area contributed by atoms with E-state index in [1.165, 1.54) is 18.9 Å². The van der Waals surface area contributed by atoms with Crippen LogP contribution in [0.4, 0.5) is 16.0 Å². The van der Waals surface area contributed by atoms with E-state index < -0.39 is 0 Å². The smallest absolute Gasteiger partial charge is 0.227 e. The lowest BCUT2D eigenvalue weighted by molar-refractivity contribution is 0.214. The molecule has 8 heteroatoms. The predicted molar refractivity (Wildman–Crippen MR) is 142 cm³/mol. The highest BCUT2D eigenvalue weighted by Crippen LogP contribution is 2.37. The van der Waals surface area contributed by atoms with Gasteiger partial charge in [-0.2, -0.15) is 5.10 Å². The quantitative estimate of drug-likeness (QED) is 0.314. The number of hydrogen-bond acceptors (Lipinski definition) is 5. The first-order valence-electron chi connectivity index (χ1n) is 12.8. The molecule has 1 saturated carbocycles. The van der Waals surface area contributed by atoms with E-state index in [0.29, 0.717) is 17.9 Å². The Labute approximate surface area is 215 Å². The molecule has 3 heterocycles. The van der Waals surface area contributed by atoms with Gasteiger partial charge in [0.2, 0.25) is 5.95 Å². The first-order chi connectivity index (χ1) is 17.5. The maximum Gasteiger partial charge on any atom is 0.227 e. The summed E-state index contributed by atoms with van der Waals surface area (Å²) < 4.78 is 16.0. The van der Waals surface area contributed by atoms with Crippen LogP contribution in [0.1, 0.15) is 54.5 Å². The average molecular weight is 505 g/mol. The van der Waals surface area contributed by atoms with Crippen molar-refractivity contribution in [3.05, 3.63) is 76.5 Å². The zero-order valence-corrected chi connectivity index (χ0v) is 21.2. The number of benzene rings is 2. The fourth-order valence-corrected chi connectivity index (χ4v) is 5.57. The van der Waals surface area contributed by atoms with Crippen LogP contribution < -0.4 is 5.32 Å². The Bertz CT molecular complexity index is 1390. The maximum atomic E-state index is 14.0. The van der Waals surface area contributed by atoms with E-state index in [4.69, 9.17) is 16.6 Å². The van der Waals surface area contributed by atoms with Crippen molar-refractivity contribution in [1.82, 2.24) is 24.6 Å². The number of likely N-dealkylation sites (tertiary alicyclic amines) is 1. The van der Waals surface area contributed by atoms with Crippen LogP contribution in [0.3, 0.4) is 0 Å². The molecule has 0 bridgehead atoms. The molecule has 0 amide bonds. The van der Waals surface area contributed by atoms with Crippen LogP contribution in [0.25, 0.3) is 10.9 Å². The topological polar surface area (TPSA) is 58.9 Å². The third-order valence-corrected chi connectivity index (χ3v) is 7.89. The Balaban J connectivity index is 1.14. The van der Waals surface area contributed by atoms with Gasteiger partial charge in [-0.25, -0.2) is 14.4 Å². The molecule has 0 spiro atoms. The molecule has 0 radical (unpaired) electrons. The molecule has 0 atom stereocenters. The maximum absolute atomic E-state index is 14.0. The molecular formula is C28H30ClFN6. The van der Waals surface area contributed by atoms with E-state index in [-0.39, 0.29) is 5.82 Å². The van der Waals surface area contributed by atoms with Crippen molar-refractivity contribution in [2.75, 3.05) is 25.0 Å². The number of rotatable bonds is 7. The molecule has 2 fully saturated rings. The van der Waals surface area contributed by atoms with Gasteiger partial charge < -0.3 is 10.2 Å². The minimum absolute atomic E-state index is 0.113. The SMILES string of the molecule is Cc1c(Nc2ncc3cc(Cl)c(C4CCN(CCc5ccccc5F)CC4)cc3n2)cnn1C1CC1. The lowest BCUT2D eigenvalue weighted by Crippen LogP contribution is -2.34. The van der Waals surface area contributed by atoms with E-state index >= 15 is 0 Å². The molecule has 1 saturated heterocycles. The zero-order valence-electron chi connectivity index (χ0n) is 20.4. The molecule has 1 N–H and O–H groups in total. The molecule has 0 unspecified atom stereocenters. The minimum Gasteiger partial charge on any atom is -0.321 e. The van der Waals surface area contributed by atoms with Gasteiger partial charge in [0.25, 0.3) is 0 Å². The van der Waals surface area contributed by atoms with Crippen molar-refractivity contribution >= 4 is 34.1 Å². The molecule has 2 aliphatic rings. The molecule has 6 nitrogen and oxygen atoms in total. The van der Waals surface area contributed by atoms with Gasteiger partial charge in [-0.1, -0.05) is 29.8 Å². The van der Waals surface area contributed by atoms with Crippen LogP contribution in [-0.4, -0.2) is 44.3 Å². The molecule has 1 aliphatic heterocycles. The number of nitrogens with one attached hydrogen (secondary N) is 1. The number of hydrogen-bond donors (Lipinski definition) is 1. The van der Waals surface area contributed by atoms with Gasteiger partial charge in [-0.05, 0) is 87.4 Å². The van der Waals surface area contributed by atoms with E-state index in [0.717, 1.165) is 77.3 Å². The minimum atomic E-state index is -0.113. The first-order valence-corrected chi connectivity index (χ1v) is 13.2. The molecular weight excluding hydrogens is 475 g/mol. The second kappa shape index (κ2) is 9.79. The summed E-state index contributed by atoms with van der Waals surface area (Å²) in [5.74, 6) is 0.840. The van der Waals surface area contributed by atoms with Gasteiger partial charge in [-0.3, -0.25) is 4.68 Å². The van der Waals surface area contributed by atoms with Crippen molar-refractivity contribution in [2.45, 2.75) is 51.0 Å². The Hall–Kier alpha value is -3.03. The first kappa shape index (κ1) is 23.4. The summed E-state index contributed by atoms with van der Waals surface area (Å²) >= 11 is 6.72. The van der Waals surface area contributed by atoms with Crippen LogP contribution in [0.15, 0.2) is 48.8 Å². The second-order valence-corrected chi connectivity index (χ2v) is 10.4. The molecule has 4 aromatic rings. The summed E-state index contributed by atoms with van der Waals surface area (Å²) in [7, 11) is 0. The van der Waals surface area contributed by atoms with Gasteiger partial charge >= 0.3 is 0 Å². The Morgan fingerprint density at radius 1 is 1.08 bits per heavy atom. The number of piperidine rings is 1. The lowest BCUT2D eigenvalue weighted by atomic mass is 9.88. The number of anilines is 2. The van der Waals surface area contributed by atoms with Crippen molar-refractivity contribution in [3.63, 3.8) is 0 Å². The summed E-state index contributed by atoms with van der Waals surface area (Å²) in [5, 5.41) is 9.58. The molecule has 2 aromatic carbocycles. The van der Waals surface area contributed by atoms with Crippen LogP contribution in [0, 0.1) is 12.7 Å². The number of halogens is 2. The lowest BCUT2D eigenvalue weighted by Gasteiger charge is -2.32. The molecule has 36 heavy (non-hydrogen) atoms. The summed E-state index contributed by atoms with van der Waals surface area (Å²) in [6, 6.07) is 11.7. The summed E-state index contributed by atoms with van der Waals surface area (Å²) in [5.41, 5.74) is 4.88. The standard InChI is InChI=1S/C28H30ClFN6/c1-18-27(17-32-36(18)22-6-7-22)34-28-31-16-21-14-24(29)23(15-26(21)33-28)19-8-11-35(12-9-19)13-10-20-4-2-3-5-25(20)30/h2-5,14-17,19,22H,6-13H2,1H3,(H,31,33,34). The van der Waals surface area contributed by atoms with Gasteiger partial charge in [0.1, 0.15) is 5.82 Å². The number of fused-ring (bicyclic) bond motifs is 1. The fraction of sp³-hybridized carbons (Fsp3) is 0.393. The molecule has 186 valence electrons. The van der Waals surface area contributed by atoms with E-state index in [2.05, 4.69) is 38.0 Å². The average Bonchev–Trinajstić information content (AvgIpc) is 3.67. The van der Waals surface area contributed by atoms with Crippen molar-refractivity contribution in [3.8, 4) is 0 Å². The Morgan fingerprint density at radius 2 is 1.89 bits per heavy atom. The van der Waals surface area contributed by atoms with E-state index in [9.17, 15) is 4.39 Å². The second-order valence-electron chi connectivity index (χ2n) is 10.0.